The second kappa shape index (κ2) is 8.95. The molecule has 0 fully saturated rings. The zero-order chi connectivity index (χ0) is 18.2. The molecular formula is C20H23N5O. The van der Waals surface area contributed by atoms with Crippen LogP contribution in [0, 0.1) is 11.3 Å². The number of hydrogen-bond donors (Lipinski definition) is 1. The van der Waals surface area contributed by atoms with Gasteiger partial charge in [0.25, 0.3) is 0 Å². The smallest absolute Gasteiger partial charge is 0.243 e. The summed E-state index contributed by atoms with van der Waals surface area (Å²) in [4.78, 5) is 11.9. The fourth-order valence-corrected chi connectivity index (χ4v) is 3.13. The quantitative estimate of drug-likeness (QED) is 0.642. The average molecular weight is 349 g/mol. The van der Waals surface area contributed by atoms with Crippen LogP contribution in [0.2, 0.25) is 0 Å². The monoisotopic (exact) mass is 349 g/mol. The zero-order valence-corrected chi connectivity index (χ0v) is 14.8. The van der Waals surface area contributed by atoms with Gasteiger partial charge in [0.2, 0.25) is 5.91 Å². The molecule has 134 valence electrons. The van der Waals surface area contributed by atoms with E-state index in [1.807, 2.05) is 6.07 Å². The van der Waals surface area contributed by atoms with E-state index in [0.29, 0.717) is 12.1 Å². The minimum atomic E-state index is -0.132. The first-order chi connectivity index (χ1) is 12.8. The highest BCUT2D eigenvalue weighted by Crippen LogP contribution is 2.15. The molecule has 1 aromatic heterocycles. The van der Waals surface area contributed by atoms with Crippen LogP contribution in [0.5, 0.6) is 0 Å². The van der Waals surface area contributed by atoms with Gasteiger partial charge in [0.1, 0.15) is 11.6 Å². The number of fused-ring (bicyclic) bond motifs is 1. The Kier molecular flexibility index (Phi) is 6.15. The highest BCUT2D eigenvalue weighted by molar-refractivity contribution is 5.91. The van der Waals surface area contributed by atoms with E-state index in [4.69, 9.17) is 5.26 Å². The first-order valence-electron chi connectivity index (χ1n) is 9.13. The Labute approximate surface area is 153 Å². The van der Waals surface area contributed by atoms with Gasteiger partial charge in [-0.25, -0.2) is 0 Å². The van der Waals surface area contributed by atoms with Gasteiger partial charge in [-0.15, -0.1) is 10.2 Å². The van der Waals surface area contributed by atoms with Crippen molar-refractivity contribution < 1.29 is 4.79 Å². The number of amides is 1. The third-order valence-corrected chi connectivity index (χ3v) is 4.51. The summed E-state index contributed by atoms with van der Waals surface area (Å²) in [6.45, 7) is 1.61. The molecule has 0 spiro atoms. The number of nitriles is 1. The molecule has 2 heterocycles. The lowest BCUT2D eigenvalue weighted by atomic mass is 10.1. The molecule has 0 aliphatic carbocycles. The highest BCUT2D eigenvalue weighted by atomic mass is 16.1. The van der Waals surface area contributed by atoms with Crippen LogP contribution in [-0.4, -0.2) is 27.2 Å². The van der Waals surface area contributed by atoms with Crippen molar-refractivity contribution in [3.63, 3.8) is 0 Å². The van der Waals surface area contributed by atoms with Crippen LogP contribution in [0.15, 0.2) is 30.3 Å². The van der Waals surface area contributed by atoms with Crippen LogP contribution in [0.4, 0.5) is 0 Å². The highest BCUT2D eigenvalue weighted by Gasteiger charge is 2.14. The van der Waals surface area contributed by atoms with E-state index >= 15 is 0 Å². The molecule has 1 N–H and O–H groups in total. The number of nitrogens with zero attached hydrogens (tertiary/aromatic N) is 4. The lowest BCUT2D eigenvalue weighted by Gasteiger charge is -2.07. The number of nitrogens with one attached hydrogen (secondary N) is 1. The summed E-state index contributed by atoms with van der Waals surface area (Å²) < 4.78 is 2.25. The molecule has 0 unspecified atom stereocenters. The molecule has 26 heavy (non-hydrogen) atoms. The van der Waals surface area contributed by atoms with E-state index in [1.165, 1.54) is 25.3 Å². The average Bonchev–Trinajstić information content (AvgIpc) is 2.89. The van der Waals surface area contributed by atoms with E-state index in [2.05, 4.69) is 26.2 Å². The summed E-state index contributed by atoms with van der Waals surface area (Å²) in [5.41, 5.74) is 1.42. The second-order valence-electron chi connectivity index (χ2n) is 6.46. The Morgan fingerprint density at radius 2 is 2.23 bits per heavy atom. The van der Waals surface area contributed by atoms with Gasteiger partial charge in [-0.05, 0) is 43.0 Å². The molecule has 1 aliphatic heterocycles. The first-order valence-corrected chi connectivity index (χ1v) is 9.13. The fraction of sp³-hybridized carbons (Fsp3) is 0.400. The fourth-order valence-electron chi connectivity index (χ4n) is 3.13. The van der Waals surface area contributed by atoms with E-state index < -0.39 is 0 Å². The maximum absolute atomic E-state index is 11.9. The molecule has 1 aromatic carbocycles. The van der Waals surface area contributed by atoms with Gasteiger partial charge in [0, 0.05) is 32.0 Å². The molecule has 1 amide bonds. The molecule has 6 nitrogen and oxygen atoms in total. The van der Waals surface area contributed by atoms with Gasteiger partial charge in [-0.1, -0.05) is 18.6 Å². The van der Waals surface area contributed by atoms with Crippen LogP contribution >= 0.6 is 0 Å². The van der Waals surface area contributed by atoms with Crippen molar-refractivity contribution in [1.82, 2.24) is 20.1 Å². The SMILES string of the molecule is N#Cc1cccc(/C=C\C(=O)NCCCc2nnc3n2CCCCC3)c1. The third-order valence-electron chi connectivity index (χ3n) is 4.51. The Hall–Kier alpha value is -2.94. The van der Waals surface area contributed by atoms with Crippen LogP contribution < -0.4 is 5.32 Å². The van der Waals surface area contributed by atoms with Crippen LogP contribution in [0.3, 0.4) is 0 Å². The molecule has 2 aromatic rings. The van der Waals surface area contributed by atoms with Crippen LogP contribution in [0.1, 0.15) is 48.5 Å². The predicted octanol–water partition coefficient (Wildman–Crippen LogP) is 2.64. The minimum Gasteiger partial charge on any atom is -0.353 e. The number of benzene rings is 1. The van der Waals surface area contributed by atoms with Crippen molar-refractivity contribution in [2.24, 2.45) is 0 Å². The van der Waals surface area contributed by atoms with Crippen LogP contribution in [0.25, 0.3) is 6.08 Å². The molecular weight excluding hydrogens is 326 g/mol. The van der Waals surface area contributed by atoms with Crippen molar-refractivity contribution in [1.29, 1.82) is 5.26 Å². The standard InChI is InChI=1S/C20H23N5O/c21-15-17-7-4-6-16(14-17)10-11-20(26)22-12-5-9-19-24-23-18-8-2-1-3-13-25(18)19/h4,6-7,10-11,14H,1-3,5,8-9,12-13H2,(H,22,26)/b11-10-. The summed E-state index contributed by atoms with van der Waals surface area (Å²) >= 11 is 0. The topological polar surface area (TPSA) is 83.6 Å². The zero-order valence-electron chi connectivity index (χ0n) is 14.8. The van der Waals surface area contributed by atoms with Crippen molar-refractivity contribution in [2.75, 3.05) is 6.54 Å². The number of carbonyl (C=O) groups is 1. The van der Waals surface area contributed by atoms with E-state index in [1.54, 1.807) is 24.3 Å². The number of aromatic nitrogens is 3. The molecule has 3 rings (SSSR count). The molecule has 0 saturated carbocycles. The second-order valence-corrected chi connectivity index (χ2v) is 6.46. The van der Waals surface area contributed by atoms with Crippen LogP contribution in [-0.2, 0) is 24.2 Å². The summed E-state index contributed by atoms with van der Waals surface area (Å²) in [6, 6.07) is 9.24. The van der Waals surface area contributed by atoms with Gasteiger partial charge in [0.15, 0.2) is 0 Å². The van der Waals surface area contributed by atoms with Gasteiger partial charge in [-0.3, -0.25) is 4.79 Å². The third kappa shape index (κ3) is 4.79. The molecule has 0 atom stereocenters. The maximum atomic E-state index is 11.9. The predicted molar refractivity (Wildman–Crippen MR) is 99.1 cm³/mol. The van der Waals surface area contributed by atoms with Gasteiger partial charge in [-0.2, -0.15) is 5.26 Å². The first kappa shape index (κ1) is 17.9. The summed E-state index contributed by atoms with van der Waals surface area (Å²) in [5.74, 6) is 2.00. The Bertz CT molecular complexity index is 831. The molecule has 0 bridgehead atoms. The summed E-state index contributed by atoms with van der Waals surface area (Å²) in [6.07, 6.45) is 9.52. The molecule has 6 heteroatoms. The lowest BCUT2D eigenvalue weighted by molar-refractivity contribution is -0.116. The minimum absolute atomic E-state index is 0.132. The molecule has 1 aliphatic rings. The largest absolute Gasteiger partial charge is 0.353 e. The number of carbonyl (C=O) groups excluding carboxylic acids is 1. The number of rotatable bonds is 6. The Morgan fingerprint density at radius 1 is 1.31 bits per heavy atom. The number of aryl methyl sites for hydroxylation is 2. The summed E-state index contributed by atoms with van der Waals surface area (Å²) in [5, 5.41) is 20.4. The Balaban J connectivity index is 1.43. The van der Waals surface area contributed by atoms with Crippen molar-refractivity contribution in [3.05, 3.63) is 53.1 Å². The van der Waals surface area contributed by atoms with Gasteiger partial charge < -0.3 is 9.88 Å². The van der Waals surface area contributed by atoms with E-state index in [-0.39, 0.29) is 5.91 Å². The van der Waals surface area contributed by atoms with Gasteiger partial charge in [0.05, 0.1) is 11.6 Å². The van der Waals surface area contributed by atoms with E-state index in [9.17, 15) is 4.79 Å². The normalized spacial score (nSPS) is 13.8. The molecule has 0 radical (unpaired) electrons. The Morgan fingerprint density at radius 3 is 3.12 bits per heavy atom. The van der Waals surface area contributed by atoms with Crippen molar-refractivity contribution in [3.8, 4) is 6.07 Å². The maximum Gasteiger partial charge on any atom is 0.243 e. The van der Waals surface area contributed by atoms with Crippen molar-refractivity contribution >= 4 is 12.0 Å². The van der Waals surface area contributed by atoms with Gasteiger partial charge >= 0.3 is 0 Å². The number of hydrogen-bond acceptors (Lipinski definition) is 4. The van der Waals surface area contributed by atoms with E-state index in [0.717, 1.165) is 43.0 Å². The lowest BCUT2D eigenvalue weighted by Crippen LogP contribution is -2.22. The van der Waals surface area contributed by atoms with Crippen molar-refractivity contribution in [2.45, 2.75) is 45.1 Å². The summed E-state index contributed by atoms with van der Waals surface area (Å²) in [7, 11) is 0. The molecule has 0 saturated heterocycles.